The number of aryl methyl sites for hydroxylation is 1. The minimum atomic E-state index is -0.263. The molecule has 0 aliphatic rings. The average molecular weight is 427 g/mol. The Balaban J connectivity index is 1.73. The summed E-state index contributed by atoms with van der Waals surface area (Å²) in [5.74, 6) is 3.31. The summed E-state index contributed by atoms with van der Waals surface area (Å²) in [5.41, 5.74) is 0.778. The van der Waals surface area contributed by atoms with Crippen molar-refractivity contribution in [2.24, 2.45) is 12.0 Å². The second-order valence-corrected chi connectivity index (χ2v) is 9.03. The maximum Gasteiger partial charge on any atom is 0.192 e. The van der Waals surface area contributed by atoms with Gasteiger partial charge in [0.15, 0.2) is 11.8 Å². The molecule has 0 aliphatic heterocycles. The van der Waals surface area contributed by atoms with Gasteiger partial charge in [-0.15, -0.1) is 21.5 Å². The van der Waals surface area contributed by atoms with Gasteiger partial charge in [0.1, 0.15) is 17.2 Å². The lowest BCUT2D eigenvalue weighted by Crippen LogP contribution is -2.37. The number of rotatable bonds is 7. The number of ether oxygens (including phenoxy) is 1. The molecule has 0 amide bonds. The van der Waals surface area contributed by atoms with Crippen LogP contribution in [0.3, 0.4) is 0 Å². The molecule has 30 heavy (non-hydrogen) atoms. The van der Waals surface area contributed by atoms with Gasteiger partial charge in [-0.2, -0.15) is 0 Å². The van der Waals surface area contributed by atoms with E-state index in [2.05, 4.69) is 32.3 Å². The molecule has 2 heterocycles. The lowest BCUT2D eigenvalue weighted by Gasteiger charge is -2.23. The molecule has 0 aliphatic carbocycles. The molecule has 2 N–H and O–H groups in total. The van der Waals surface area contributed by atoms with Crippen molar-refractivity contribution in [2.75, 3.05) is 0 Å². The smallest absolute Gasteiger partial charge is 0.192 e. The van der Waals surface area contributed by atoms with Crippen molar-refractivity contribution >= 4 is 17.3 Å². The van der Waals surface area contributed by atoms with Gasteiger partial charge in [-0.3, -0.25) is 0 Å². The summed E-state index contributed by atoms with van der Waals surface area (Å²) < 4.78 is 8.07. The Morgan fingerprint density at radius 2 is 1.87 bits per heavy atom. The van der Waals surface area contributed by atoms with E-state index in [1.54, 1.807) is 11.3 Å². The third-order valence-electron chi connectivity index (χ3n) is 4.40. The van der Waals surface area contributed by atoms with Gasteiger partial charge in [-0.1, -0.05) is 24.3 Å². The van der Waals surface area contributed by atoms with Crippen LogP contribution in [-0.4, -0.2) is 26.3 Å². The molecule has 0 spiro atoms. The Kier molecular flexibility index (Phi) is 7.10. The Labute approximate surface area is 182 Å². The van der Waals surface area contributed by atoms with Crippen molar-refractivity contribution in [1.82, 2.24) is 25.4 Å². The number of nitrogens with zero attached hydrogens (tertiary/aromatic N) is 4. The lowest BCUT2D eigenvalue weighted by molar-refractivity contribution is 0.129. The molecule has 0 saturated carbocycles. The van der Waals surface area contributed by atoms with Gasteiger partial charge < -0.3 is 19.9 Å². The van der Waals surface area contributed by atoms with Crippen LogP contribution in [0.4, 0.5) is 0 Å². The largest absolute Gasteiger partial charge is 0.488 e. The van der Waals surface area contributed by atoms with Crippen LogP contribution in [0.1, 0.15) is 42.9 Å². The van der Waals surface area contributed by atoms with Crippen molar-refractivity contribution in [3.8, 4) is 5.75 Å². The molecular weight excluding hydrogens is 396 g/mol. The third-order valence-corrected chi connectivity index (χ3v) is 5.28. The fourth-order valence-corrected chi connectivity index (χ4v) is 3.40. The molecule has 3 aromatic rings. The second kappa shape index (κ2) is 9.75. The molecule has 2 aromatic heterocycles. The van der Waals surface area contributed by atoms with Gasteiger partial charge in [-0.05, 0) is 45.2 Å². The van der Waals surface area contributed by atoms with E-state index in [4.69, 9.17) is 9.73 Å². The molecule has 3 rings (SSSR count). The third kappa shape index (κ3) is 6.32. The highest BCUT2D eigenvalue weighted by molar-refractivity contribution is 7.09. The van der Waals surface area contributed by atoms with Crippen LogP contribution in [0.25, 0.3) is 0 Å². The maximum absolute atomic E-state index is 6.10. The first-order chi connectivity index (χ1) is 14.3. The van der Waals surface area contributed by atoms with E-state index < -0.39 is 0 Å². The van der Waals surface area contributed by atoms with Gasteiger partial charge in [0.05, 0.1) is 19.6 Å². The number of thiophene rings is 1. The van der Waals surface area contributed by atoms with Crippen molar-refractivity contribution in [2.45, 2.75) is 52.9 Å². The number of hydrogen-bond acceptors (Lipinski definition) is 5. The molecule has 0 radical (unpaired) electrons. The van der Waals surface area contributed by atoms with Gasteiger partial charge >= 0.3 is 0 Å². The zero-order valence-corrected chi connectivity index (χ0v) is 19.1. The van der Waals surface area contributed by atoms with E-state index >= 15 is 0 Å². The molecule has 160 valence electrons. The number of aromatic nitrogens is 3. The molecule has 1 aromatic carbocycles. The highest BCUT2D eigenvalue weighted by atomic mass is 32.1. The van der Waals surface area contributed by atoms with Crippen LogP contribution in [-0.2, 0) is 26.7 Å². The lowest BCUT2D eigenvalue weighted by atomic mass is 10.1. The average Bonchev–Trinajstić information content (AvgIpc) is 3.32. The SMILES string of the molecule is Cc1nnc(CNC(=NCc2ccccc2OC(C)(C)C)NCc2cccs2)n1C. The van der Waals surface area contributed by atoms with Crippen LogP contribution in [0.2, 0.25) is 0 Å². The predicted molar refractivity (Wildman–Crippen MR) is 122 cm³/mol. The summed E-state index contributed by atoms with van der Waals surface area (Å²) in [5, 5.41) is 17.2. The van der Waals surface area contributed by atoms with E-state index in [-0.39, 0.29) is 5.60 Å². The van der Waals surface area contributed by atoms with Crippen LogP contribution < -0.4 is 15.4 Å². The number of guanidine groups is 1. The fraction of sp³-hybridized carbons (Fsp3) is 0.409. The van der Waals surface area contributed by atoms with E-state index in [0.717, 1.165) is 28.9 Å². The minimum Gasteiger partial charge on any atom is -0.488 e. The van der Waals surface area contributed by atoms with E-state index in [1.165, 1.54) is 4.88 Å². The molecule has 0 saturated heterocycles. The van der Waals surface area contributed by atoms with Gasteiger partial charge in [0.25, 0.3) is 0 Å². The first kappa shape index (κ1) is 21.8. The second-order valence-electron chi connectivity index (χ2n) is 8.00. The molecule has 0 unspecified atom stereocenters. The van der Waals surface area contributed by atoms with E-state index in [9.17, 15) is 0 Å². The predicted octanol–water partition coefficient (Wildman–Crippen LogP) is 3.80. The number of nitrogens with one attached hydrogen (secondary N) is 2. The molecule has 0 atom stereocenters. The summed E-state index contributed by atoms with van der Waals surface area (Å²) in [6.45, 7) is 9.83. The number of benzene rings is 1. The molecular formula is C22H30N6OS. The van der Waals surface area contributed by atoms with Gasteiger partial charge in [0, 0.05) is 17.5 Å². The van der Waals surface area contributed by atoms with Crippen LogP contribution >= 0.6 is 11.3 Å². The van der Waals surface area contributed by atoms with E-state index in [0.29, 0.717) is 19.6 Å². The summed E-state index contributed by atoms with van der Waals surface area (Å²) in [7, 11) is 1.96. The van der Waals surface area contributed by atoms with Gasteiger partial charge in [-0.25, -0.2) is 4.99 Å². The number of aliphatic imine (C=N–C) groups is 1. The summed E-state index contributed by atoms with van der Waals surface area (Å²) in [6.07, 6.45) is 0. The Bertz CT molecular complexity index is 972. The first-order valence-corrected chi connectivity index (χ1v) is 10.9. The number of hydrogen-bond donors (Lipinski definition) is 2. The zero-order valence-electron chi connectivity index (χ0n) is 18.3. The minimum absolute atomic E-state index is 0.263. The summed E-state index contributed by atoms with van der Waals surface area (Å²) >= 11 is 1.72. The molecule has 0 bridgehead atoms. The molecule has 0 fully saturated rings. The highest BCUT2D eigenvalue weighted by Gasteiger charge is 2.14. The normalized spacial score (nSPS) is 12.1. The van der Waals surface area contributed by atoms with Crippen LogP contribution in [0, 0.1) is 6.92 Å². The fourth-order valence-electron chi connectivity index (χ4n) is 2.75. The van der Waals surface area contributed by atoms with Crippen molar-refractivity contribution in [3.63, 3.8) is 0 Å². The monoisotopic (exact) mass is 426 g/mol. The van der Waals surface area contributed by atoms with Crippen molar-refractivity contribution in [1.29, 1.82) is 0 Å². The molecule has 8 heteroatoms. The standard InChI is InChI=1S/C22H30N6OS/c1-16-26-27-20(28(16)5)15-25-21(24-14-18-10-8-12-30-18)23-13-17-9-6-7-11-19(17)29-22(2,3)4/h6-12H,13-15H2,1-5H3,(H2,23,24,25). The Hall–Kier alpha value is -2.87. The van der Waals surface area contributed by atoms with Crippen LogP contribution in [0.15, 0.2) is 46.8 Å². The van der Waals surface area contributed by atoms with Crippen molar-refractivity contribution < 1.29 is 4.74 Å². The van der Waals surface area contributed by atoms with Gasteiger partial charge in [0.2, 0.25) is 0 Å². The van der Waals surface area contributed by atoms with Crippen LogP contribution in [0.5, 0.6) is 5.75 Å². The number of para-hydroxylation sites is 1. The quantitative estimate of drug-likeness (QED) is 0.444. The Morgan fingerprint density at radius 1 is 1.10 bits per heavy atom. The van der Waals surface area contributed by atoms with E-state index in [1.807, 2.05) is 69.6 Å². The molecule has 7 nitrogen and oxygen atoms in total. The van der Waals surface area contributed by atoms with Crippen molar-refractivity contribution in [3.05, 3.63) is 63.9 Å². The topological polar surface area (TPSA) is 76.4 Å². The first-order valence-electron chi connectivity index (χ1n) is 9.98. The zero-order chi connectivity index (χ0) is 21.6. The summed E-state index contributed by atoms with van der Waals surface area (Å²) in [6, 6.07) is 12.2. The Morgan fingerprint density at radius 3 is 2.53 bits per heavy atom. The highest BCUT2D eigenvalue weighted by Crippen LogP contribution is 2.23. The maximum atomic E-state index is 6.10. The summed E-state index contributed by atoms with van der Waals surface area (Å²) in [4.78, 5) is 6.04.